The van der Waals surface area contributed by atoms with Gasteiger partial charge in [0, 0.05) is 44.5 Å². The van der Waals surface area contributed by atoms with Crippen LogP contribution in [0, 0.1) is 0 Å². The van der Waals surface area contributed by atoms with Gasteiger partial charge in [-0.25, -0.2) is 0 Å². The number of nitrogens with zero attached hydrogens (tertiary/aromatic N) is 2. The molecule has 6 nitrogen and oxygen atoms in total. The highest BCUT2D eigenvalue weighted by molar-refractivity contribution is 5.94. The molecule has 1 N–H and O–H groups in total. The van der Waals surface area contributed by atoms with Crippen molar-refractivity contribution in [2.75, 3.05) is 58.5 Å². The van der Waals surface area contributed by atoms with E-state index in [1.807, 2.05) is 18.2 Å². The molecule has 0 bridgehead atoms. The Bertz CT molecular complexity index is 864. The van der Waals surface area contributed by atoms with Crippen LogP contribution in [-0.4, -0.2) is 64.4 Å². The van der Waals surface area contributed by atoms with Gasteiger partial charge in [0.1, 0.15) is 5.75 Å². The summed E-state index contributed by atoms with van der Waals surface area (Å²) in [5.41, 5.74) is 4.57. The van der Waals surface area contributed by atoms with Gasteiger partial charge in [0.15, 0.2) is 0 Å². The van der Waals surface area contributed by atoms with Crippen LogP contribution in [0.2, 0.25) is 0 Å². The zero-order valence-corrected chi connectivity index (χ0v) is 17.2. The lowest BCUT2D eigenvalue weighted by Gasteiger charge is -2.35. The lowest BCUT2D eigenvalue weighted by Crippen LogP contribution is -2.43. The Labute approximate surface area is 172 Å². The number of benzene rings is 2. The van der Waals surface area contributed by atoms with E-state index in [1.165, 1.54) is 16.8 Å². The SMILES string of the molecule is COc1cccc(C(=O)NC[C@@H](c2ccc3c(c2)CCN3C)N2CCOCC2)c1. The van der Waals surface area contributed by atoms with Crippen LogP contribution in [0.1, 0.15) is 27.5 Å². The zero-order chi connectivity index (χ0) is 20.2. The summed E-state index contributed by atoms with van der Waals surface area (Å²) in [6.07, 6.45) is 1.08. The normalized spacial score (nSPS) is 17.7. The number of nitrogens with one attached hydrogen (secondary N) is 1. The van der Waals surface area contributed by atoms with E-state index in [4.69, 9.17) is 9.47 Å². The molecule has 0 radical (unpaired) electrons. The number of hydrogen-bond donors (Lipinski definition) is 1. The maximum atomic E-state index is 12.7. The van der Waals surface area contributed by atoms with Gasteiger partial charge in [-0.3, -0.25) is 9.69 Å². The Morgan fingerprint density at radius 1 is 1.17 bits per heavy atom. The highest BCUT2D eigenvalue weighted by Gasteiger charge is 2.25. The molecule has 2 aliphatic heterocycles. The number of morpholine rings is 1. The predicted molar refractivity (Wildman–Crippen MR) is 114 cm³/mol. The molecule has 0 saturated carbocycles. The lowest BCUT2D eigenvalue weighted by atomic mass is 10.00. The molecular formula is C23H29N3O3. The molecule has 2 aromatic rings. The molecular weight excluding hydrogens is 366 g/mol. The maximum Gasteiger partial charge on any atom is 0.251 e. The number of likely N-dealkylation sites (N-methyl/N-ethyl adjacent to an activating group) is 1. The Morgan fingerprint density at radius 2 is 2.00 bits per heavy atom. The standard InChI is InChI=1S/C23H29N3O3/c1-25-9-8-18-14-17(6-7-21(18)25)22(26-10-12-29-13-11-26)16-24-23(27)19-4-3-5-20(15-19)28-2/h3-7,14-15,22H,8-13,16H2,1-2H3,(H,24,27)/t22-/m0/s1. The predicted octanol–water partition coefficient (Wildman–Crippen LogP) is 2.49. The number of amides is 1. The van der Waals surface area contributed by atoms with Gasteiger partial charge in [-0.1, -0.05) is 18.2 Å². The minimum absolute atomic E-state index is 0.0805. The summed E-state index contributed by atoms with van der Waals surface area (Å²) < 4.78 is 10.8. The van der Waals surface area contributed by atoms with Gasteiger partial charge in [0.25, 0.3) is 5.91 Å². The first-order valence-electron chi connectivity index (χ1n) is 10.2. The van der Waals surface area contributed by atoms with E-state index >= 15 is 0 Å². The van der Waals surface area contributed by atoms with Gasteiger partial charge >= 0.3 is 0 Å². The van der Waals surface area contributed by atoms with Crippen molar-refractivity contribution in [3.8, 4) is 5.75 Å². The summed E-state index contributed by atoms with van der Waals surface area (Å²) in [6.45, 7) is 4.83. The van der Waals surface area contributed by atoms with Crippen LogP contribution in [0.4, 0.5) is 5.69 Å². The first kappa shape index (κ1) is 19.7. The number of hydrogen-bond acceptors (Lipinski definition) is 5. The van der Waals surface area contributed by atoms with Crippen molar-refractivity contribution in [1.82, 2.24) is 10.2 Å². The molecule has 4 rings (SSSR count). The first-order valence-corrected chi connectivity index (χ1v) is 10.2. The Hall–Kier alpha value is -2.57. The molecule has 6 heteroatoms. The van der Waals surface area contributed by atoms with Gasteiger partial charge in [-0.05, 0) is 41.8 Å². The largest absolute Gasteiger partial charge is 0.497 e. The van der Waals surface area contributed by atoms with E-state index in [0.717, 1.165) is 39.3 Å². The second-order valence-corrected chi connectivity index (χ2v) is 7.67. The van der Waals surface area contributed by atoms with Crippen molar-refractivity contribution in [1.29, 1.82) is 0 Å². The molecule has 0 spiro atoms. The van der Waals surface area contributed by atoms with E-state index in [2.05, 4.69) is 40.4 Å². The number of carbonyl (C=O) groups is 1. The summed E-state index contributed by atoms with van der Waals surface area (Å²) >= 11 is 0. The fourth-order valence-corrected chi connectivity index (χ4v) is 4.20. The fourth-order valence-electron chi connectivity index (χ4n) is 4.20. The number of rotatable bonds is 6. The van der Waals surface area contributed by atoms with Crippen molar-refractivity contribution in [2.45, 2.75) is 12.5 Å². The third kappa shape index (κ3) is 4.38. The number of fused-ring (bicyclic) bond motifs is 1. The molecule has 1 fully saturated rings. The van der Waals surface area contributed by atoms with Crippen LogP contribution in [0.3, 0.4) is 0 Å². The molecule has 2 aliphatic rings. The Morgan fingerprint density at radius 3 is 2.79 bits per heavy atom. The van der Waals surface area contributed by atoms with E-state index in [0.29, 0.717) is 17.9 Å². The van der Waals surface area contributed by atoms with Crippen LogP contribution in [-0.2, 0) is 11.2 Å². The second kappa shape index (κ2) is 8.84. The van der Waals surface area contributed by atoms with E-state index in [1.54, 1.807) is 13.2 Å². The van der Waals surface area contributed by atoms with Crippen molar-refractivity contribution in [3.05, 3.63) is 59.2 Å². The van der Waals surface area contributed by atoms with Crippen LogP contribution < -0.4 is 15.0 Å². The third-order valence-electron chi connectivity index (χ3n) is 5.89. The summed E-state index contributed by atoms with van der Waals surface area (Å²) in [4.78, 5) is 17.5. The highest BCUT2D eigenvalue weighted by atomic mass is 16.5. The van der Waals surface area contributed by atoms with E-state index in [9.17, 15) is 4.79 Å². The van der Waals surface area contributed by atoms with Gasteiger partial charge < -0.3 is 19.7 Å². The number of ether oxygens (including phenoxy) is 2. The number of methoxy groups -OCH3 is 1. The topological polar surface area (TPSA) is 54.0 Å². The van der Waals surface area contributed by atoms with Crippen molar-refractivity contribution >= 4 is 11.6 Å². The average molecular weight is 396 g/mol. The van der Waals surface area contributed by atoms with Crippen molar-refractivity contribution in [3.63, 3.8) is 0 Å². The molecule has 2 aromatic carbocycles. The molecule has 29 heavy (non-hydrogen) atoms. The van der Waals surface area contributed by atoms with Gasteiger partial charge in [0.05, 0.1) is 26.4 Å². The Balaban J connectivity index is 1.52. The zero-order valence-electron chi connectivity index (χ0n) is 17.2. The van der Waals surface area contributed by atoms with Gasteiger partial charge in [-0.2, -0.15) is 0 Å². The molecule has 1 atom stereocenters. The summed E-state index contributed by atoms with van der Waals surface area (Å²) in [5.74, 6) is 0.605. The smallest absolute Gasteiger partial charge is 0.251 e. The number of anilines is 1. The van der Waals surface area contributed by atoms with E-state index < -0.39 is 0 Å². The summed E-state index contributed by atoms with van der Waals surface area (Å²) in [6, 6.07) is 14.1. The monoisotopic (exact) mass is 395 g/mol. The fraction of sp³-hybridized carbons (Fsp3) is 0.435. The molecule has 154 valence electrons. The minimum atomic E-state index is -0.0805. The average Bonchev–Trinajstić information content (AvgIpc) is 3.14. The number of carbonyl (C=O) groups excluding carboxylic acids is 1. The second-order valence-electron chi connectivity index (χ2n) is 7.67. The van der Waals surface area contributed by atoms with Gasteiger partial charge in [0.2, 0.25) is 0 Å². The lowest BCUT2D eigenvalue weighted by molar-refractivity contribution is 0.0162. The first-order chi connectivity index (χ1) is 14.2. The minimum Gasteiger partial charge on any atom is -0.497 e. The quantitative estimate of drug-likeness (QED) is 0.815. The van der Waals surface area contributed by atoms with Gasteiger partial charge in [-0.15, -0.1) is 0 Å². The maximum absolute atomic E-state index is 12.7. The molecule has 0 unspecified atom stereocenters. The molecule has 2 heterocycles. The summed E-state index contributed by atoms with van der Waals surface area (Å²) in [7, 11) is 3.75. The molecule has 1 saturated heterocycles. The highest BCUT2D eigenvalue weighted by Crippen LogP contribution is 2.31. The Kier molecular flexibility index (Phi) is 6.02. The van der Waals surface area contributed by atoms with Crippen molar-refractivity contribution in [2.24, 2.45) is 0 Å². The molecule has 0 aromatic heterocycles. The summed E-state index contributed by atoms with van der Waals surface area (Å²) in [5, 5.41) is 3.14. The van der Waals surface area contributed by atoms with E-state index in [-0.39, 0.29) is 11.9 Å². The van der Waals surface area contributed by atoms with Crippen LogP contribution >= 0.6 is 0 Å². The molecule has 1 amide bonds. The van der Waals surface area contributed by atoms with Crippen LogP contribution in [0.15, 0.2) is 42.5 Å². The van der Waals surface area contributed by atoms with Crippen LogP contribution in [0.25, 0.3) is 0 Å². The van der Waals surface area contributed by atoms with Crippen molar-refractivity contribution < 1.29 is 14.3 Å². The van der Waals surface area contributed by atoms with Crippen LogP contribution in [0.5, 0.6) is 5.75 Å². The molecule has 0 aliphatic carbocycles. The third-order valence-corrected chi connectivity index (χ3v) is 5.89.